The van der Waals surface area contributed by atoms with Gasteiger partial charge in [0.2, 0.25) is 0 Å². The standard InChI is InChI=1S/C17H26BrN/c1-3-19-17(12-14-7-5-4-6-8-14)16-10-9-15(18)11-13(16)2/h9-11,14,17,19H,3-8,12H2,1-2H3. The van der Waals surface area contributed by atoms with Crippen molar-refractivity contribution >= 4 is 15.9 Å². The third-order valence-corrected chi connectivity index (χ3v) is 4.84. The molecule has 0 amide bonds. The molecule has 1 saturated carbocycles. The summed E-state index contributed by atoms with van der Waals surface area (Å²) in [5, 5.41) is 3.69. The Balaban J connectivity index is 2.09. The number of hydrogen-bond donors (Lipinski definition) is 1. The molecule has 19 heavy (non-hydrogen) atoms. The zero-order chi connectivity index (χ0) is 13.7. The van der Waals surface area contributed by atoms with Gasteiger partial charge in [-0.25, -0.2) is 0 Å². The van der Waals surface area contributed by atoms with Crippen LogP contribution in [0.5, 0.6) is 0 Å². The van der Waals surface area contributed by atoms with Crippen LogP contribution in [0.25, 0.3) is 0 Å². The van der Waals surface area contributed by atoms with Crippen LogP contribution in [0.15, 0.2) is 22.7 Å². The summed E-state index contributed by atoms with van der Waals surface area (Å²) in [5.41, 5.74) is 2.88. The summed E-state index contributed by atoms with van der Waals surface area (Å²) >= 11 is 3.56. The van der Waals surface area contributed by atoms with Gasteiger partial charge in [0.1, 0.15) is 0 Å². The third kappa shape index (κ3) is 4.32. The average molecular weight is 324 g/mol. The molecule has 1 atom stereocenters. The van der Waals surface area contributed by atoms with E-state index in [1.807, 2.05) is 0 Å². The zero-order valence-electron chi connectivity index (χ0n) is 12.2. The highest BCUT2D eigenvalue weighted by atomic mass is 79.9. The lowest BCUT2D eigenvalue weighted by molar-refractivity contribution is 0.301. The molecule has 0 spiro atoms. The van der Waals surface area contributed by atoms with E-state index in [0.717, 1.165) is 12.5 Å². The molecule has 0 heterocycles. The fourth-order valence-electron chi connectivity index (χ4n) is 3.35. The third-order valence-electron chi connectivity index (χ3n) is 4.35. The maximum absolute atomic E-state index is 3.69. The van der Waals surface area contributed by atoms with E-state index in [1.54, 1.807) is 0 Å². The highest BCUT2D eigenvalue weighted by Gasteiger charge is 2.20. The van der Waals surface area contributed by atoms with Gasteiger partial charge in [0.05, 0.1) is 0 Å². The summed E-state index contributed by atoms with van der Waals surface area (Å²) in [6.45, 7) is 5.49. The Morgan fingerprint density at radius 2 is 2.00 bits per heavy atom. The van der Waals surface area contributed by atoms with E-state index < -0.39 is 0 Å². The Hall–Kier alpha value is -0.340. The lowest BCUT2D eigenvalue weighted by Crippen LogP contribution is -2.25. The second kappa shape index (κ2) is 7.44. The highest BCUT2D eigenvalue weighted by Crippen LogP contribution is 2.33. The minimum absolute atomic E-state index is 0.529. The first-order valence-corrected chi connectivity index (χ1v) is 8.49. The fraction of sp³-hybridized carbons (Fsp3) is 0.647. The van der Waals surface area contributed by atoms with Crippen molar-refractivity contribution in [3.05, 3.63) is 33.8 Å². The lowest BCUT2D eigenvalue weighted by atomic mass is 9.82. The van der Waals surface area contributed by atoms with Crippen molar-refractivity contribution in [3.63, 3.8) is 0 Å². The fourth-order valence-corrected chi connectivity index (χ4v) is 3.83. The van der Waals surface area contributed by atoms with Gasteiger partial charge in [-0.15, -0.1) is 0 Å². The second-order valence-corrected chi connectivity index (χ2v) is 6.77. The Morgan fingerprint density at radius 1 is 1.26 bits per heavy atom. The number of hydrogen-bond acceptors (Lipinski definition) is 1. The molecule has 2 rings (SSSR count). The maximum atomic E-state index is 3.69. The first-order chi connectivity index (χ1) is 9.20. The monoisotopic (exact) mass is 323 g/mol. The highest BCUT2D eigenvalue weighted by molar-refractivity contribution is 9.10. The smallest absolute Gasteiger partial charge is 0.0325 e. The normalized spacial score (nSPS) is 18.5. The summed E-state index contributed by atoms with van der Waals surface area (Å²) in [7, 11) is 0. The van der Waals surface area contributed by atoms with Gasteiger partial charge in [0, 0.05) is 10.5 Å². The molecule has 1 aliphatic rings. The molecule has 1 aromatic rings. The molecule has 1 unspecified atom stereocenters. The van der Waals surface area contributed by atoms with E-state index in [0.29, 0.717) is 6.04 Å². The lowest BCUT2D eigenvalue weighted by Gasteiger charge is -2.28. The van der Waals surface area contributed by atoms with E-state index >= 15 is 0 Å². The molecule has 1 fully saturated rings. The van der Waals surface area contributed by atoms with Gasteiger partial charge in [-0.3, -0.25) is 0 Å². The van der Waals surface area contributed by atoms with E-state index in [4.69, 9.17) is 0 Å². The van der Waals surface area contributed by atoms with Crippen molar-refractivity contribution in [3.8, 4) is 0 Å². The first kappa shape index (κ1) is 15.1. The topological polar surface area (TPSA) is 12.0 Å². The molecule has 1 aromatic carbocycles. The van der Waals surface area contributed by atoms with Crippen LogP contribution in [0.3, 0.4) is 0 Å². The molecule has 0 bridgehead atoms. The van der Waals surface area contributed by atoms with Crippen LogP contribution in [0.1, 0.15) is 62.6 Å². The minimum atomic E-state index is 0.529. The van der Waals surface area contributed by atoms with Gasteiger partial charge in [-0.1, -0.05) is 61.0 Å². The van der Waals surface area contributed by atoms with Crippen LogP contribution in [0.4, 0.5) is 0 Å². The Morgan fingerprint density at radius 3 is 2.63 bits per heavy atom. The minimum Gasteiger partial charge on any atom is -0.310 e. The molecule has 0 radical (unpaired) electrons. The van der Waals surface area contributed by atoms with Gasteiger partial charge in [-0.2, -0.15) is 0 Å². The van der Waals surface area contributed by atoms with E-state index in [1.165, 1.54) is 54.1 Å². The van der Waals surface area contributed by atoms with Gasteiger partial charge in [-0.05, 0) is 49.1 Å². The molecule has 0 aliphatic heterocycles. The van der Waals surface area contributed by atoms with Crippen LogP contribution in [-0.2, 0) is 0 Å². The van der Waals surface area contributed by atoms with Crippen LogP contribution >= 0.6 is 15.9 Å². The molecule has 0 aromatic heterocycles. The number of benzene rings is 1. The largest absolute Gasteiger partial charge is 0.310 e. The predicted molar refractivity (Wildman–Crippen MR) is 86.5 cm³/mol. The van der Waals surface area contributed by atoms with Crippen molar-refractivity contribution in [1.82, 2.24) is 5.32 Å². The van der Waals surface area contributed by atoms with Crippen molar-refractivity contribution in [1.29, 1.82) is 0 Å². The number of aryl methyl sites for hydroxylation is 1. The second-order valence-electron chi connectivity index (χ2n) is 5.85. The maximum Gasteiger partial charge on any atom is 0.0325 e. The number of rotatable bonds is 5. The Bertz CT molecular complexity index is 396. The Kier molecular flexibility index (Phi) is 5.90. The van der Waals surface area contributed by atoms with Gasteiger partial charge >= 0.3 is 0 Å². The van der Waals surface area contributed by atoms with Crippen LogP contribution in [0, 0.1) is 12.8 Å². The first-order valence-electron chi connectivity index (χ1n) is 7.70. The molecular formula is C17H26BrN. The predicted octanol–water partition coefficient (Wildman–Crippen LogP) is 5.38. The molecular weight excluding hydrogens is 298 g/mol. The van der Waals surface area contributed by atoms with Crippen molar-refractivity contribution in [2.75, 3.05) is 6.54 Å². The summed E-state index contributed by atoms with van der Waals surface area (Å²) in [5.74, 6) is 0.917. The molecule has 0 saturated heterocycles. The van der Waals surface area contributed by atoms with Crippen molar-refractivity contribution < 1.29 is 0 Å². The summed E-state index contributed by atoms with van der Waals surface area (Å²) < 4.78 is 1.18. The average Bonchev–Trinajstić information content (AvgIpc) is 2.39. The van der Waals surface area contributed by atoms with E-state index in [9.17, 15) is 0 Å². The van der Waals surface area contributed by atoms with Crippen molar-refractivity contribution in [2.45, 2.75) is 58.4 Å². The Labute approximate surface area is 126 Å². The van der Waals surface area contributed by atoms with Gasteiger partial charge in [0.15, 0.2) is 0 Å². The number of halogens is 1. The molecule has 2 heteroatoms. The summed E-state index contributed by atoms with van der Waals surface area (Å²) in [6, 6.07) is 7.23. The van der Waals surface area contributed by atoms with E-state index in [-0.39, 0.29) is 0 Å². The van der Waals surface area contributed by atoms with Crippen LogP contribution < -0.4 is 5.32 Å². The zero-order valence-corrected chi connectivity index (χ0v) is 13.8. The molecule has 1 nitrogen and oxygen atoms in total. The van der Waals surface area contributed by atoms with Gasteiger partial charge < -0.3 is 5.32 Å². The SMILES string of the molecule is CCNC(CC1CCCCC1)c1ccc(Br)cc1C. The quantitative estimate of drug-likeness (QED) is 0.767. The summed E-state index contributed by atoms with van der Waals surface area (Å²) in [4.78, 5) is 0. The number of nitrogens with one attached hydrogen (secondary N) is 1. The van der Waals surface area contributed by atoms with Gasteiger partial charge in [0.25, 0.3) is 0 Å². The molecule has 1 aliphatic carbocycles. The van der Waals surface area contributed by atoms with Crippen LogP contribution in [0.2, 0.25) is 0 Å². The van der Waals surface area contributed by atoms with E-state index in [2.05, 4.69) is 53.3 Å². The molecule has 1 N–H and O–H groups in total. The summed E-state index contributed by atoms with van der Waals surface area (Å²) in [6.07, 6.45) is 8.47. The van der Waals surface area contributed by atoms with Crippen LogP contribution in [-0.4, -0.2) is 6.54 Å². The molecule has 106 valence electrons. The van der Waals surface area contributed by atoms with Crippen molar-refractivity contribution in [2.24, 2.45) is 5.92 Å².